The molecule has 1 N–H and O–H groups in total. The van der Waals surface area contributed by atoms with Gasteiger partial charge in [-0.2, -0.15) is 4.31 Å². The number of hydrogen-bond donors (Lipinski definition) is 1. The molecule has 0 saturated carbocycles. The number of amides is 1. The van der Waals surface area contributed by atoms with Gasteiger partial charge in [0.1, 0.15) is 5.76 Å². The molecule has 1 aromatic carbocycles. The number of anilines is 1. The number of aromatic nitrogens is 1. The van der Waals surface area contributed by atoms with E-state index in [0.29, 0.717) is 30.2 Å². The molecule has 0 spiro atoms. The minimum absolute atomic E-state index is 0.148. The second-order valence-electron chi connectivity index (χ2n) is 6.37. The Bertz CT molecular complexity index is 902. The zero-order valence-electron chi connectivity index (χ0n) is 14.4. The molecule has 0 fully saturated rings. The molecule has 0 atom stereocenters. The number of rotatable bonds is 4. The first-order valence-corrected chi connectivity index (χ1v) is 9.57. The highest BCUT2D eigenvalue weighted by atomic mass is 32.2. The molecule has 8 heteroatoms. The number of oxazole rings is 1. The Kier molecular flexibility index (Phi) is 4.66. The number of nitrogens with zero attached hydrogens (tertiary/aromatic N) is 2. The fourth-order valence-electron chi connectivity index (χ4n) is 2.73. The summed E-state index contributed by atoms with van der Waals surface area (Å²) in [6, 6.07) is 6.26. The first kappa shape index (κ1) is 17.6. The molecule has 25 heavy (non-hydrogen) atoms. The van der Waals surface area contributed by atoms with Crippen molar-refractivity contribution in [1.82, 2.24) is 9.29 Å². The number of carbonyl (C=O) groups is 1. The topological polar surface area (TPSA) is 92.5 Å². The van der Waals surface area contributed by atoms with Crippen LogP contribution in [0.1, 0.15) is 44.0 Å². The fourth-order valence-corrected chi connectivity index (χ4v) is 4.18. The molecule has 0 radical (unpaired) electrons. The average Bonchev–Trinajstić information content (AvgIpc) is 2.98. The van der Waals surface area contributed by atoms with Gasteiger partial charge < -0.3 is 9.73 Å². The Morgan fingerprint density at radius 1 is 1.36 bits per heavy atom. The van der Waals surface area contributed by atoms with Crippen molar-refractivity contribution in [2.75, 3.05) is 11.9 Å². The second-order valence-corrected chi connectivity index (χ2v) is 8.31. The molecule has 2 heterocycles. The summed E-state index contributed by atoms with van der Waals surface area (Å²) >= 11 is 0. The molecule has 1 aliphatic rings. The minimum atomic E-state index is -3.67. The van der Waals surface area contributed by atoms with Gasteiger partial charge in [0.2, 0.25) is 15.9 Å². The van der Waals surface area contributed by atoms with Crippen LogP contribution in [0.3, 0.4) is 0 Å². The lowest BCUT2D eigenvalue weighted by molar-refractivity contribution is -0.114. The Morgan fingerprint density at radius 2 is 2.12 bits per heavy atom. The first-order valence-electron chi connectivity index (χ1n) is 8.13. The van der Waals surface area contributed by atoms with Crippen LogP contribution in [0.4, 0.5) is 5.69 Å². The van der Waals surface area contributed by atoms with E-state index in [9.17, 15) is 13.2 Å². The number of fused-ring (bicyclic) bond motifs is 1. The molecular weight excluding hydrogens is 342 g/mol. The first-order chi connectivity index (χ1) is 11.8. The normalized spacial score (nSPS) is 15.2. The maximum atomic E-state index is 12.9. The predicted molar refractivity (Wildman–Crippen MR) is 92.6 cm³/mol. The quantitative estimate of drug-likeness (QED) is 0.901. The van der Waals surface area contributed by atoms with E-state index in [2.05, 4.69) is 10.3 Å². The van der Waals surface area contributed by atoms with E-state index in [1.165, 1.54) is 23.4 Å². The highest BCUT2D eigenvalue weighted by molar-refractivity contribution is 7.89. The summed E-state index contributed by atoms with van der Waals surface area (Å²) in [5.74, 6) is 1.31. The van der Waals surface area contributed by atoms with Gasteiger partial charge in [-0.25, -0.2) is 13.4 Å². The zero-order chi connectivity index (χ0) is 18.2. The Morgan fingerprint density at radius 3 is 2.80 bits per heavy atom. The van der Waals surface area contributed by atoms with Gasteiger partial charge in [-0.1, -0.05) is 19.9 Å². The van der Waals surface area contributed by atoms with Gasteiger partial charge >= 0.3 is 0 Å². The number of sulfonamides is 1. The van der Waals surface area contributed by atoms with Crippen LogP contribution < -0.4 is 5.32 Å². The van der Waals surface area contributed by atoms with E-state index in [4.69, 9.17) is 4.42 Å². The van der Waals surface area contributed by atoms with Crippen molar-refractivity contribution in [1.29, 1.82) is 0 Å². The lowest BCUT2D eigenvalue weighted by Crippen LogP contribution is -2.35. The minimum Gasteiger partial charge on any atom is -0.445 e. The van der Waals surface area contributed by atoms with E-state index in [-0.39, 0.29) is 23.3 Å². The lowest BCUT2D eigenvalue weighted by atomic mass is 10.2. The van der Waals surface area contributed by atoms with Crippen molar-refractivity contribution >= 4 is 21.6 Å². The Balaban J connectivity index is 1.87. The van der Waals surface area contributed by atoms with E-state index in [1.807, 2.05) is 13.8 Å². The van der Waals surface area contributed by atoms with E-state index in [0.717, 1.165) is 5.76 Å². The van der Waals surface area contributed by atoms with Crippen LogP contribution in [-0.2, 0) is 27.8 Å². The summed E-state index contributed by atoms with van der Waals surface area (Å²) in [4.78, 5) is 15.8. The maximum absolute atomic E-state index is 12.9. The van der Waals surface area contributed by atoms with E-state index in [1.54, 1.807) is 12.1 Å². The van der Waals surface area contributed by atoms with Gasteiger partial charge in [0.15, 0.2) is 5.89 Å². The molecule has 0 bridgehead atoms. The third kappa shape index (κ3) is 3.59. The Hall–Kier alpha value is -2.19. The predicted octanol–water partition coefficient (Wildman–Crippen LogP) is 2.50. The maximum Gasteiger partial charge on any atom is 0.243 e. The largest absolute Gasteiger partial charge is 0.445 e. The third-order valence-corrected chi connectivity index (χ3v) is 5.84. The van der Waals surface area contributed by atoms with E-state index >= 15 is 0 Å². The number of benzene rings is 1. The van der Waals surface area contributed by atoms with Crippen LogP contribution in [0.25, 0.3) is 0 Å². The van der Waals surface area contributed by atoms with Crippen LogP contribution in [-0.4, -0.2) is 30.2 Å². The van der Waals surface area contributed by atoms with Gasteiger partial charge in [-0.15, -0.1) is 0 Å². The molecule has 0 saturated heterocycles. The molecule has 3 rings (SSSR count). The van der Waals surface area contributed by atoms with Crippen molar-refractivity contribution in [2.24, 2.45) is 0 Å². The van der Waals surface area contributed by atoms with Crippen LogP contribution in [0.2, 0.25) is 0 Å². The van der Waals surface area contributed by atoms with Crippen LogP contribution in [0.15, 0.2) is 33.6 Å². The van der Waals surface area contributed by atoms with Crippen LogP contribution in [0, 0.1) is 0 Å². The number of nitrogens with one attached hydrogen (secondary N) is 1. The molecule has 0 aliphatic carbocycles. The molecule has 0 unspecified atom stereocenters. The zero-order valence-corrected chi connectivity index (χ0v) is 15.3. The van der Waals surface area contributed by atoms with Crippen molar-refractivity contribution in [2.45, 2.75) is 44.6 Å². The second kappa shape index (κ2) is 6.61. The number of carbonyl (C=O) groups excluding carboxylic acids is 1. The van der Waals surface area contributed by atoms with Crippen molar-refractivity contribution in [3.63, 3.8) is 0 Å². The third-order valence-electron chi connectivity index (χ3n) is 4.00. The summed E-state index contributed by atoms with van der Waals surface area (Å²) in [5.41, 5.74) is 1.13. The fraction of sp³-hybridized carbons (Fsp3) is 0.412. The highest BCUT2D eigenvalue weighted by Crippen LogP contribution is 2.28. The number of hydrogen-bond acceptors (Lipinski definition) is 5. The van der Waals surface area contributed by atoms with Gasteiger partial charge in [-0.05, 0) is 18.2 Å². The summed E-state index contributed by atoms with van der Waals surface area (Å²) in [7, 11) is -3.67. The van der Waals surface area contributed by atoms with Gasteiger partial charge in [0.05, 0.1) is 17.1 Å². The van der Waals surface area contributed by atoms with E-state index < -0.39 is 10.0 Å². The highest BCUT2D eigenvalue weighted by Gasteiger charge is 2.31. The van der Waals surface area contributed by atoms with Crippen molar-refractivity contribution < 1.29 is 17.6 Å². The van der Waals surface area contributed by atoms with Gasteiger partial charge in [-0.3, -0.25) is 4.79 Å². The van der Waals surface area contributed by atoms with Crippen LogP contribution in [0.5, 0.6) is 0 Å². The summed E-state index contributed by atoms with van der Waals surface area (Å²) < 4.78 is 33.0. The Labute approximate surface area is 147 Å². The lowest BCUT2D eigenvalue weighted by Gasteiger charge is -2.24. The summed E-state index contributed by atoms with van der Waals surface area (Å²) in [6.07, 6.45) is 0.500. The average molecular weight is 363 g/mol. The monoisotopic (exact) mass is 363 g/mol. The summed E-state index contributed by atoms with van der Waals surface area (Å²) in [6.45, 7) is 5.88. The molecule has 1 amide bonds. The summed E-state index contributed by atoms with van der Waals surface area (Å²) in [5, 5.41) is 2.60. The van der Waals surface area contributed by atoms with Crippen molar-refractivity contribution in [3.8, 4) is 0 Å². The molecule has 2 aromatic rings. The smallest absolute Gasteiger partial charge is 0.243 e. The standard InChI is InChI=1S/C17H21N3O4S/c1-11(2)17-19-15-10-20(8-7-16(15)24-17)25(22,23)14-6-4-5-13(9-14)18-12(3)21/h4-6,9,11H,7-8,10H2,1-3H3,(H,18,21). The SMILES string of the molecule is CC(=O)Nc1cccc(S(=O)(=O)N2CCc3oc(C(C)C)nc3C2)c1. The molecular formula is C17H21N3O4S. The molecule has 1 aliphatic heterocycles. The van der Waals surface area contributed by atoms with Crippen molar-refractivity contribution in [3.05, 3.63) is 41.6 Å². The molecule has 7 nitrogen and oxygen atoms in total. The van der Waals surface area contributed by atoms with Gasteiger partial charge in [0, 0.05) is 31.5 Å². The molecule has 1 aromatic heterocycles. The van der Waals surface area contributed by atoms with Crippen LogP contribution >= 0.6 is 0 Å². The van der Waals surface area contributed by atoms with Gasteiger partial charge in [0.25, 0.3) is 0 Å². The molecule has 134 valence electrons.